The van der Waals surface area contributed by atoms with Crippen LogP contribution < -0.4 is 25.6 Å². The number of ketones is 1. The van der Waals surface area contributed by atoms with Crippen LogP contribution in [0.4, 0.5) is 24.5 Å². The van der Waals surface area contributed by atoms with E-state index in [9.17, 15) is 28.2 Å². The van der Waals surface area contributed by atoms with Crippen molar-refractivity contribution in [2.24, 2.45) is 4.99 Å². The number of anilines is 1. The highest BCUT2D eigenvalue weighted by atomic mass is 32.2. The first-order valence-corrected chi connectivity index (χ1v) is 10.9. The van der Waals surface area contributed by atoms with Gasteiger partial charge in [-0.15, -0.1) is 11.8 Å². The van der Waals surface area contributed by atoms with Gasteiger partial charge in [0, 0.05) is 21.1 Å². The average Bonchev–Trinajstić information content (AvgIpc) is 3.28. The maximum absolute atomic E-state index is 13.0. The van der Waals surface area contributed by atoms with E-state index < -0.39 is 36.6 Å². The third-order valence-electron chi connectivity index (χ3n) is 7.03. The van der Waals surface area contributed by atoms with Crippen LogP contribution in [0, 0.1) is 0 Å². The van der Waals surface area contributed by atoms with Gasteiger partial charge in [0.15, 0.2) is 5.75 Å². The molecule has 1 aromatic rings. The minimum absolute atomic E-state index is 0.0245. The normalized spacial score (nSPS) is 33.2. The number of phenolic OH excluding ortho intramolecular Hbond substituents is 1. The number of carboxylic acids is 1. The molecule has 1 spiro atoms. The lowest BCUT2D eigenvalue weighted by atomic mass is 9.62. The molecule has 1 aliphatic carbocycles. The minimum atomic E-state index is -5.19. The Bertz CT molecular complexity index is 1500. The largest absolute Gasteiger partial charge is 0.542 e. The number of carbonyl (C=O) groups is 2. The Morgan fingerprint density at radius 1 is 1.48 bits per heavy atom. The van der Waals surface area contributed by atoms with Crippen LogP contribution in [-0.4, -0.2) is 57.9 Å². The van der Waals surface area contributed by atoms with E-state index in [1.807, 2.05) is 4.58 Å². The predicted molar refractivity (Wildman–Crippen MR) is 109 cm³/mol. The number of aliphatic hydroxyl groups is 1. The Kier molecular flexibility index (Phi) is 3.29. The molecule has 172 valence electrons. The molecule has 5 aliphatic heterocycles. The standard InChI is InChI=1S/C19H15N3O3S.C2HF3O2/c1-6-7-2-3-22-15-8(23)4-9-19(18(15)25)5-10(26-9)21-14-12(19)16(22)11(7)13(20-6)17(14)24;3-2(4,5)1(6)7/h4,10,15,18,25H,2-3,5H2,1H3,(H,20,21,24);(H,6,7)/t10-,15+,18-,19+;/m0./s1/i1D3;. The Hall–Kier alpha value is -2.86. The Morgan fingerprint density at radius 2 is 2.21 bits per heavy atom. The van der Waals surface area contributed by atoms with Crippen molar-refractivity contribution in [3.05, 3.63) is 27.1 Å². The lowest BCUT2D eigenvalue weighted by molar-refractivity contribution is -0.344. The fraction of sp³-hybridized carbons (Fsp3) is 0.429. The first-order valence-electron chi connectivity index (χ1n) is 11.5. The number of aromatic hydroxyl groups is 1. The van der Waals surface area contributed by atoms with Gasteiger partial charge in [-0.25, -0.2) is 9.57 Å². The number of carbonyl (C=O) groups excluding carboxylic acids is 2. The Morgan fingerprint density at radius 3 is 2.88 bits per heavy atom. The van der Waals surface area contributed by atoms with Gasteiger partial charge >= 0.3 is 6.18 Å². The zero-order valence-electron chi connectivity index (χ0n) is 19.5. The molecule has 0 radical (unpaired) electrons. The van der Waals surface area contributed by atoms with Crippen molar-refractivity contribution >= 4 is 46.2 Å². The quantitative estimate of drug-likeness (QED) is 0.326. The molecule has 0 unspecified atom stereocenters. The van der Waals surface area contributed by atoms with Gasteiger partial charge in [0.2, 0.25) is 17.2 Å². The molecule has 3 bridgehead atoms. The van der Waals surface area contributed by atoms with Crippen molar-refractivity contribution in [2.45, 2.75) is 48.8 Å². The Balaban J connectivity index is 0.000000305. The topological polar surface area (TPSA) is 125 Å². The third kappa shape index (κ3) is 2.37. The van der Waals surface area contributed by atoms with Crippen molar-refractivity contribution < 1.29 is 42.2 Å². The SMILES string of the molecule is O=C([O-])C(F)(F)F.[2H]C([2H])([2H])C1=Nc2c(O)c3c4c5c2=C1CC[N+]=5[C@@H]1C(=O)C=C2S[C@@H](C[C@@]24[C@H]1O)N3. The second-order valence-corrected chi connectivity index (χ2v) is 9.81. The number of fused-ring (bicyclic) bond motifs is 3. The van der Waals surface area contributed by atoms with Gasteiger partial charge in [-0.05, 0) is 24.9 Å². The average molecular weight is 482 g/mol. The molecule has 7 rings (SSSR count). The molecule has 1 fully saturated rings. The van der Waals surface area contributed by atoms with Crippen LogP contribution in [0.5, 0.6) is 5.75 Å². The van der Waals surface area contributed by atoms with Crippen LogP contribution in [0.2, 0.25) is 0 Å². The van der Waals surface area contributed by atoms with E-state index >= 15 is 0 Å². The van der Waals surface area contributed by atoms with Crippen molar-refractivity contribution in [1.82, 2.24) is 4.58 Å². The molecule has 12 heteroatoms. The second-order valence-electron chi connectivity index (χ2n) is 8.57. The number of phenols is 1. The van der Waals surface area contributed by atoms with Gasteiger partial charge < -0.3 is 25.4 Å². The number of aliphatic carboxylic acids is 1. The van der Waals surface area contributed by atoms with E-state index in [0.717, 1.165) is 15.8 Å². The van der Waals surface area contributed by atoms with E-state index in [0.29, 0.717) is 35.9 Å². The number of hydrogen-bond donors (Lipinski definition) is 3. The van der Waals surface area contributed by atoms with Gasteiger partial charge in [-0.2, -0.15) is 13.2 Å². The minimum Gasteiger partial charge on any atom is -0.542 e. The highest BCUT2D eigenvalue weighted by Crippen LogP contribution is 2.62. The number of aliphatic imine (C=N–C) groups is 1. The van der Waals surface area contributed by atoms with Crippen LogP contribution in [0.25, 0.3) is 5.57 Å². The van der Waals surface area contributed by atoms with Gasteiger partial charge in [0.25, 0.3) is 0 Å². The number of carboxylic acid groups (broad SMARTS) is 1. The monoisotopic (exact) mass is 482 g/mol. The van der Waals surface area contributed by atoms with E-state index in [1.165, 1.54) is 11.8 Å². The summed E-state index contributed by atoms with van der Waals surface area (Å²) in [6.07, 6.45) is -3.40. The molecule has 0 aromatic heterocycles. The zero-order chi connectivity index (χ0) is 26.1. The molecule has 4 atom stereocenters. The van der Waals surface area contributed by atoms with E-state index in [1.54, 1.807) is 6.08 Å². The van der Waals surface area contributed by atoms with E-state index in [2.05, 4.69) is 10.3 Å². The Labute approximate surface area is 192 Å². The van der Waals surface area contributed by atoms with Gasteiger partial charge in [0.05, 0.1) is 27.3 Å². The summed E-state index contributed by atoms with van der Waals surface area (Å²) in [7, 11) is 0. The molecule has 0 saturated carbocycles. The van der Waals surface area contributed by atoms with Crippen LogP contribution in [0.15, 0.2) is 16.0 Å². The van der Waals surface area contributed by atoms with Crippen LogP contribution in [-0.2, 0) is 15.0 Å². The number of halogens is 3. The fourth-order valence-corrected chi connectivity index (χ4v) is 7.36. The lowest BCUT2D eigenvalue weighted by Gasteiger charge is -2.45. The summed E-state index contributed by atoms with van der Waals surface area (Å²) in [5.74, 6) is -3.19. The van der Waals surface area contributed by atoms with E-state index in [4.69, 9.17) is 14.0 Å². The highest BCUT2D eigenvalue weighted by molar-refractivity contribution is 8.04. The van der Waals surface area contributed by atoms with Crippen molar-refractivity contribution in [2.75, 3.05) is 11.9 Å². The number of hydrogen-bond acceptors (Lipinski definition) is 8. The van der Waals surface area contributed by atoms with Crippen molar-refractivity contribution in [1.29, 1.82) is 0 Å². The van der Waals surface area contributed by atoms with Crippen LogP contribution >= 0.6 is 11.8 Å². The molecule has 3 N–H and O–H groups in total. The molecular formula is C21H16F3N3O5S. The third-order valence-corrected chi connectivity index (χ3v) is 8.33. The first kappa shape index (κ1) is 17.6. The lowest BCUT2D eigenvalue weighted by Crippen LogP contribution is -2.70. The summed E-state index contributed by atoms with van der Waals surface area (Å²) in [6.45, 7) is -1.96. The molecule has 1 aromatic carbocycles. The summed E-state index contributed by atoms with van der Waals surface area (Å²) in [5, 5.41) is 36.0. The van der Waals surface area contributed by atoms with Gasteiger partial charge in [-0.1, -0.05) is 0 Å². The molecule has 33 heavy (non-hydrogen) atoms. The maximum atomic E-state index is 13.0. The number of aliphatic hydroxyl groups excluding tert-OH is 1. The molecule has 8 nitrogen and oxygen atoms in total. The molecule has 5 heterocycles. The second kappa shape index (κ2) is 6.17. The number of nitrogens with zero attached hydrogens (tertiary/aromatic N) is 2. The smallest absolute Gasteiger partial charge is 0.430 e. The van der Waals surface area contributed by atoms with Crippen molar-refractivity contribution in [3.8, 4) is 5.75 Å². The first-order chi connectivity index (χ1) is 16.7. The summed E-state index contributed by atoms with van der Waals surface area (Å²) in [4.78, 5) is 27.0. The number of rotatable bonds is 0. The zero-order valence-corrected chi connectivity index (χ0v) is 17.3. The van der Waals surface area contributed by atoms with Crippen LogP contribution in [0.3, 0.4) is 0 Å². The summed E-state index contributed by atoms with van der Waals surface area (Å²) >= 11 is 1.53. The highest BCUT2D eigenvalue weighted by Gasteiger charge is 2.67. The fourth-order valence-electron chi connectivity index (χ4n) is 5.83. The predicted octanol–water partition coefficient (Wildman–Crippen LogP) is -0.822. The number of benzene rings is 1. The summed E-state index contributed by atoms with van der Waals surface area (Å²) < 4.78 is 57.2. The molecular weight excluding hydrogens is 463 g/mol. The van der Waals surface area contributed by atoms with Crippen LogP contribution in [0.1, 0.15) is 29.4 Å². The summed E-state index contributed by atoms with van der Waals surface area (Å²) in [6, 6.07) is -0.691. The van der Waals surface area contributed by atoms with E-state index in [-0.39, 0.29) is 28.3 Å². The molecule has 0 amide bonds. The number of nitrogens with one attached hydrogen (secondary N) is 1. The van der Waals surface area contributed by atoms with Gasteiger partial charge in [-0.3, -0.25) is 4.79 Å². The summed E-state index contributed by atoms with van der Waals surface area (Å²) in [5.41, 5.74) is 1.48. The maximum Gasteiger partial charge on any atom is 0.430 e. The van der Waals surface area contributed by atoms with Gasteiger partial charge in [0.1, 0.15) is 24.3 Å². The van der Waals surface area contributed by atoms with Crippen molar-refractivity contribution in [3.63, 3.8) is 0 Å². The molecule has 1 saturated heterocycles. The molecule has 6 aliphatic rings. The number of thioether (sulfide) groups is 1. The number of alkyl halides is 3.